The lowest BCUT2D eigenvalue weighted by atomic mass is 10.1. The van der Waals surface area contributed by atoms with Gasteiger partial charge < -0.3 is 14.8 Å². The highest BCUT2D eigenvalue weighted by Crippen LogP contribution is 2.31. The van der Waals surface area contributed by atoms with Crippen molar-refractivity contribution in [1.29, 1.82) is 0 Å². The summed E-state index contributed by atoms with van der Waals surface area (Å²) in [6.07, 6.45) is 0. The van der Waals surface area contributed by atoms with Crippen LogP contribution in [0.5, 0.6) is 11.5 Å². The average molecular weight is 442 g/mol. The van der Waals surface area contributed by atoms with Gasteiger partial charge in [0.25, 0.3) is 5.91 Å². The number of hydrogen-bond acceptors (Lipinski definition) is 7. The molecule has 3 aromatic rings. The number of amides is 1. The molecule has 0 radical (unpaired) electrons. The van der Waals surface area contributed by atoms with Crippen LogP contribution in [0.2, 0.25) is 0 Å². The molecular formula is C21H19N3O4S2. The number of ether oxygens (including phenoxy) is 2. The monoisotopic (exact) mass is 441 g/mol. The first kappa shape index (κ1) is 21.4. The number of hydrogen-bond donors (Lipinski definition) is 2. The number of ketones is 1. The van der Waals surface area contributed by atoms with Crippen molar-refractivity contribution < 1.29 is 19.1 Å². The van der Waals surface area contributed by atoms with E-state index in [0.29, 0.717) is 32.8 Å². The number of anilines is 1. The van der Waals surface area contributed by atoms with Crippen molar-refractivity contribution in [2.45, 2.75) is 6.92 Å². The summed E-state index contributed by atoms with van der Waals surface area (Å²) < 4.78 is 10.4. The Hall–Kier alpha value is -3.30. The Labute approximate surface area is 183 Å². The molecule has 0 bridgehead atoms. The Morgan fingerprint density at radius 2 is 1.67 bits per heavy atom. The number of Topliss-reactive ketones (excluding diaryl/α,β-unsaturated/α-hetero) is 1. The molecule has 0 fully saturated rings. The van der Waals surface area contributed by atoms with E-state index in [1.165, 1.54) is 32.5 Å². The second-order valence-corrected chi connectivity index (χ2v) is 7.54. The maximum atomic E-state index is 12.6. The minimum Gasteiger partial charge on any atom is -0.497 e. The van der Waals surface area contributed by atoms with Crippen LogP contribution in [-0.4, -0.2) is 36.0 Å². The van der Waals surface area contributed by atoms with Crippen LogP contribution in [0.3, 0.4) is 0 Å². The number of nitrogens with zero attached hydrogens (tertiary/aromatic N) is 1. The highest BCUT2D eigenvalue weighted by atomic mass is 32.1. The molecule has 154 valence electrons. The SMILES string of the molecule is COc1cc(OC)cc(C(=O)NC(=S)Nc2nc(-c3ccccc3)c(C(C)=O)s2)c1. The van der Waals surface area contributed by atoms with Crippen molar-refractivity contribution in [2.75, 3.05) is 19.5 Å². The van der Waals surface area contributed by atoms with Crippen molar-refractivity contribution in [3.8, 4) is 22.8 Å². The fourth-order valence-corrected chi connectivity index (χ4v) is 3.79. The zero-order valence-electron chi connectivity index (χ0n) is 16.5. The molecule has 30 heavy (non-hydrogen) atoms. The summed E-state index contributed by atoms with van der Waals surface area (Å²) in [6, 6.07) is 14.2. The fraction of sp³-hybridized carbons (Fsp3) is 0.143. The molecule has 2 N–H and O–H groups in total. The van der Waals surface area contributed by atoms with Gasteiger partial charge in [-0.05, 0) is 24.4 Å². The third-order valence-electron chi connectivity index (χ3n) is 4.06. The van der Waals surface area contributed by atoms with Crippen LogP contribution >= 0.6 is 23.6 Å². The van der Waals surface area contributed by atoms with Gasteiger partial charge in [-0.15, -0.1) is 0 Å². The van der Waals surface area contributed by atoms with Crippen molar-refractivity contribution in [1.82, 2.24) is 10.3 Å². The van der Waals surface area contributed by atoms with Gasteiger partial charge in [-0.3, -0.25) is 14.9 Å². The average Bonchev–Trinajstić information content (AvgIpc) is 3.17. The van der Waals surface area contributed by atoms with Gasteiger partial charge >= 0.3 is 0 Å². The summed E-state index contributed by atoms with van der Waals surface area (Å²) in [4.78, 5) is 29.6. The van der Waals surface area contributed by atoms with Crippen molar-refractivity contribution >= 4 is 45.5 Å². The van der Waals surface area contributed by atoms with Gasteiger partial charge in [0.2, 0.25) is 0 Å². The van der Waals surface area contributed by atoms with Crippen molar-refractivity contribution in [2.24, 2.45) is 0 Å². The minimum absolute atomic E-state index is 0.0604. The topological polar surface area (TPSA) is 89.6 Å². The van der Waals surface area contributed by atoms with Crippen LogP contribution in [-0.2, 0) is 0 Å². The van der Waals surface area contributed by atoms with Crippen LogP contribution < -0.4 is 20.1 Å². The zero-order valence-corrected chi connectivity index (χ0v) is 18.1. The quantitative estimate of drug-likeness (QED) is 0.439. The predicted octanol–water partition coefficient (Wildman–Crippen LogP) is 4.16. The van der Waals surface area contributed by atoms with E-state index < -0.39 is 5.91 Å². The van der Waals surface area contributed by atoms with E-state index >= 15 is 0 Å². The van der Waals surface area contributed by atoms with Crippen LogP contribution in [0.15, 0.2) is 48.5 Å². The van der Waals surface area contributed by atoms with E-state index in [0.717, 1.165) is 5.56 Å². The number of benzene rings is 2. The molecule has 0 saturated heterocycles. The third kappa shape index (κ3) is 5.00. The first-order chi connectivity index (χ1) is 14.4. The lowest BCUT2D eigenvalue weighted by molar-refractivity contribution is 0.0975. The fourth-order valence-electron chi connectivity index (χ4n) is 2.65. The molecule has 0 atom stereocenters. The summed E-state index contributed by atoms with van der Waals surface area (Å²) in [5, 5.41) is 5.94. The number of carbonyl (C=O) groups excluding carboxylic acids is 2. The summed E-state index contributed by atoms with van der Waals surface area (Å²) in [6.45, 7) is 1.49. The maximum Gasteiger partial charge on any atom is 0.257 e. The van der Waals surface area contributed by atoms with Gasteiger partial charge in [0.15, 0.2) is 16.0 Å². The van der Waals surface area contributed by atoms with Gasteiger partial charge in [0, 0.05) is 24.1 Å². The number of aromatic nitrogens is 1. The number of carbonyl (C=O) groups is 2. The summed E-state index contributed by atoms with van der Waals surface area (Å²) in [5.74, 6) is 0.433. The van der Waals surface area contributed by atoms with E-state index in [4.69, 9.17) is 21.7 Å². The molecule has 1 amide bonds. The molecule has 0 aliphatic rings. The second-order valence-electron chi connectivity index (χ2n) is 6.13. The number of nitrogens with one attached hydrogen (secondary N) is 2. The summed E-state index contributed by atoms with van der Waals surface area (Å²) in [5.41, 5.74) is 1.72. The molecule has 7 nitrogen and oxygen atoms in total. The largest absolute Gasteiger partial charge is 0.497 e. The minimum atomic E-state index is -0.434. The number of methoxy groups -OCH3 is 2. The van der Waals surface area contributed by atoms with Crippen molar-refractivity contribution in [3.63, 3.8) is 0 Å². The molecule has 1 aromatic heterocycles. The third-order valence-corrected chi connectivity index (χ3v) is 5.33. The molecule has 0 saturated carbocycles. The predicted molar refractivity (Wildman–Crippen MR) is 121 cm³/mol. The molecule has 9 heteroatoms. The normalized spacial score (nSPS) is 10.2. The molecule has 0 aliphatic heterocycles. The van der Waals surface area contributed by atoms with E-state index in [-0.39, 0.29) is 10.9 Å². The van der Waals surface area contributed by atoms with E-state index in [9.17, 15) is 9.59 Å². The molecule has 0 aliphatic carbocycles. The van der Waals surface area contributed by atoms with Crippen molar-refractivity contribution in [3.05, 3.63) is 59.0 Å². The molecule has 1 heterocycles. The Morgan fingerprint density at radius 1 is 1.03 bits per heavy atom. The van der Waals surface area contributed by atoms with E-state index in [1.807, 2.05) is 30.3 Å². The standard InChI is InChI=1S/C21H19N3O4S2/c1-12(25)18-17(13-7-5-4-6-8-13)22-21(30-18)24-20(29)23-19(26)14-9-15(27-2)11-16(10-14)28-3/h4-11H,1-3H3,(H2,22,23,24,26,29). The Morgan fingerprint density at radius 3 is 2.23 bits per heavy atom. The smallest absolute Gasteiger partial charge is 0.257 e. The lowest BCUT2D eigenvalue weighted by Crippen LogP contribution is -2.34. The molecule has 0 spiro atoms. The summed E-state index contributed by atoms with van der Waals surface area (Å²) in [7, 11) is 3.00. The highest BCUT2D eigenvalue weighted by molar-refractivity contribution is 7.80. The van der Waals surface area contributed by atoms with Gasteiger partial charge in [0.05, 0.1) is 24.8 Å². The number of rotatable bonds is 6. The zero-order chi connectivity index (χ0) is 21.7. The second kappa shape index (κ2) is 9.47. The number of thiazole rings is 1. The van der Waals surface area contributed by atoms with Gasteiger partial charge in [-0.2, -0.15) is 0 Å². The van der Waals surface area contributed by atoms with E-state index in [1.54, 1.807) is 18.2 Å². The molecule has 3 rings (SSSR count). The highest BCUT2D eigenvalue weighted by Gasteiger charge is 2.18. The van der Waals surface area contributed by atoms with Gasteiger partial charge in [-0.25, -0.2) is 4.98 Å². The maximum absolute atomic E-state index is 12.6. The lowest BCUT2D eigenvalue weighted by Gasteiger charge is -2.10. The van der Waals surface area contributed by atoms with Gasteiger partial charge in [-0.1, -0.05) is 41.7 Å². The van der Waals surface area contributed by atoms with E-state index in [2.05, 4.69) is 15.6 Å². The van der Waals surface area contributed by atoms with Gasteiger partial charge in [0.1, 0.15) is 11.5 Å². The molecule has 0 unspecified atom stereocenters. The Kier molecular flexibility index (Phi) is 6.76. The first-order valence-electron chi connectivity index (χ1n) is 8.84. The van der Waals surface area contributed by atoms with Crippen LogP contribution in [0.1, 0.15) is 27.0 Å². The first-order valence-corrected chi connectivity index (χ1v) is 10.1. The molecule has 2 aromatic carbocycles. The molecular weight excluding hydrogens is 422 g/mol. The Bertz CT molecular complexity index is 1070. The number of thiocarbonyl (C=S) groups is 1. The summed E-state index contributed by atoms with van der Waals surface area (Å²) >= 11 is 6.42. The van der Waals surface area contributed by atoms with Crippen LogP contribution in [0, 0.1) is 0 Å². The van der Waals surface area contributed by atoms with Crippen LogP contribution in [0.4, 0.5) is 5.13 Å². The Balaban J connectivity index is 1.77. The van der Waals surface area contributed by atoms with Crippen LogP contribution in [0.25, 0.3) is 11.3 Å².